The highest BCUT2D eigenvalue weighted by Gasteiger charge is 2.20. The maximum absolute atomic E-state index is 12.1. The standard InChI is InChI=1S/C17H13N5O2/c1-10-21-13-5-4-12(9-14(13)24-10)22(17(18)23)16-15-11(6-8-20-16)3-2-7-19-15/h2-9H,1H3,(H2,18,23). The normalized spacial score (nSPS) is 11.0. The first-order chi connectivity index (χ1) is 11.6. The largest absolute Gasteiger partial charge is 0.441 e. The molecule has 0 aliphatic heterocycles. The Balaban J connectivity index is 1.94. The molecule has 0 fully saturated rings. The summed E-state index contributed by atoms with van der Waals surface area (Å²) in [5, 5.41) is 0.866. The smallest absolute Gasteiger partial charge is 0.325 e. The molecule has 0 aliphatic rings. The fourth-order valence-corrected chi connectivity index (χ4v) is 2.67. The molecule has 118 valence electrons. The van der Waals surface area contributed by atoms with Crippen LogP contribution < -0.4 is 10.6 Å². The van der Waals surface area contributed by atoms with Crippen molar-refractivity contribution >= 4 is 39.5 Å². The molecule has 3 aromatic heterocycles. The topological polar surface area (TPSA) is 98.1 Å². The average molecular weight is 319 g/mol. The molecule has 2 amide bonds. The van der Waals surface area contributed by atoms with Crippen LogP contribution in [0.3, 0.4) is 0 Å². The van der Waals surface area contributed by atoms with Crippen LogP contribution in [0.25, 0.3) is 22.0 Å². The van der Waals surface area contributed by atoms with E-state index in [4.69, 9.17) is 10.2 Å². The molecule has 0 aliphatic carbocycles. The van der Waals surface area contributed by atoms with Gasteiger partial charge in [0, 0.05) is 30.8 Å². The third-order valence-corrected chi connectivity index (χ3v) is 3.67. The second-order valence-electron chi connectivity index (χ2n) is 5.27. The lowest BCUT2D eigenvalue weighted by Gasteiger charge is -2.20. The molecule has 1 aromatic carbocycles. The number of oxazole rings is 1. The number of carbonyl (C=O) groups excluding carboxylic acids is 1. The first-order valence-corrected chi connectivity index (χ1v) is 7.30. The minimum atomic E-state index is -0.656. The van der Waals surface area contributed by atoms with Crippen molar-refractivity contribution in [3.05, 3.63) is 54.7 Å². The van der Waals surface area contributed by atoms with Crippen molar-refractivity contribution in [2.75, 3.05) is 4.90 Å². The summed E-state index contributed by atoms with van der Waals surface area (Å²) in [5.41, 5.74) is 8.03. The van der Waals surface area contributed by atoms with E-state index in [1.165, 1.54) is 4.90 Å². The van der Waals surface area contributed by atoms with E-state index in [1.54, 1.807) is 37.5 Å². The number of nitrogens with two attached hydrogens (primary N) is 1. The molecule has 0 unspecified atom stereocenters. The number of amides is 2. The van der Waals surface area contributed by atoms with Crippen molar-refractivity contribution in [1.82, 2.24) is 15.0 Å². The van der Waals surface area contributed by atoms with Crippen molar-refractivity contribution < 1.29 is 9.21 Å². The number of aromatic nitrogens is 3. The van der Waals surface area contributed by atoms with Gasteiger partial charge in [-0.15, -0.1) is 0 Å². The van der Waals surface area contributed by atoms with Gasteiger partial charge in [-0.2, -0.15) is 0 Å². The van der Waals surface area contributed by atoms with Crippen LogP contribution >= 0.6 is 0 Å². The Morgan fingerprint density at radius 3 is 2.88 bits per heavy atom. The molecule has 4 aromatic rings. The van der Waals surface area contributed by atoms with E-state index in [0.717, 1.165) is 5.39 Å². The van der Waals surface area contributed by atoms with Gasteiger partial charge in [0.1, 0.15) is 11.0 Å². The number of benzene rings is 1. The summed E-state index contributed by atoms with van der Waals surface area (Å²) in [7, 11) is 0. The van der Waals surface area contributed by atoms with E-state index in [9.17, 15) is 4.79 Å². The van der Waals surface area contributed by atoms with Gasteiger partial charge in [0.15, 0.2) is 17.3 Å². The minimum absolute atomic E-state index is 0.371. The Bertz CT molecular complexity index is 1070. The monoisotopic (exact) mass is 319 g/mol. The van der Waals surface area contributed by atoms with Gasteiger partial charge in [-0.1, -0.05) is 6.07 Å². The van der Waals surface area contributed by atoms with E-state index in [1.807, 2.05) is 18.2 Å². The summed E-state index contributed by atoms with van der Waals surface area (Å²) in [5.74, 6) is 0.925. The summed E-state index contributed by atoms with van der Waals surface area (Å²) in [4.78, 5) is 26.3. The van der Waals surface area contributed by atoms with E-state index in [0.29, 0.717) is 34.0 Å². The Hall–Kier alpha value is -3.48. The minimum Gasteiger partial charge on any atom is -0.441 e. The Kier molecular flexibility index (Phi) is 3.13. The van der Waals surface area contributed by atoms with Crippen LogP contribution in [0, 0.1) is 6.92 Å². The molecule has 7 nitrogen and oxygen atoms in total. The summed E-state index contributed by atoms with van der Waals surface area (Å²) in [6.45, 7) is 1.77. The number of urea groups is 1. The second-order valence-corrected chi connectivity index (χ2v) is 5.27. The van der Waals surface area contributed by atoms with E-state index in [2.05, 4.69) is 15.0 Å². The van der Waals surface area contributed by atoms with Crippen molar-refractivity contribution in [2.24, 2.45) is 5.73 Å². The lowest BCUT2D eigenvalue weighted by atomic mass is 10.2. The zero-order valence-corrected chi connectivity index (χ0v) is 12.8. The molecular formula is C17H13N5O2. The number of fused-ring (bicyclic) bond motifs is 2. The van der Waals surface area contributed by atoms with Crippen molar-refractivity contribution in [3.8, 4) is 0 Å². The average Bonchev–Trinajstić information content (AvgIpc) is 2.94. The van der Waals surface area contributed by atoms with E-state index < -0.39 is 6.03 Å². The number of aryl methyl sites for hydroxylation is 1. The third kappa shape index (κ3) is 2.23. The van der Waals surface area contributed by atoms with Gasteiger partial charge in [-0.05, 0) is 24.3 Å². The van der Waals surface area contributed by atoms with E-state index in [-0.39, 0.29) is 0 Å². The van der Waals surface area contributed by atoms with Gasteiger partial charge < -0.3 is 10.2 Å². The fraction of sp³-hybridized carbons (Fsp3) is 0.0588. The second kappa shape index (κ2) is 5.31. The van der Waals surface area contributed by atoms with Crippen molar-refractivity contribution in [2.45, 2.75) is 6.92 Å². The number of rotatable bonds is 2. The summed E-state index contributed by atoms with van der Waals surface area (Å²) < 4.78 is 5.54. The molecule has 3 heterocycles. The van der Waals surface area contributed by atoms with Crippen LogP contribution in [0.4, 0.5) is 16.3 Å². The molecule has 0 saturated heterocycles. The maximum atomic E-state index is 12.1. The van der Waals surface area contributed by atoms with Gasteiger partial charge in [0.2, 0.25) is 0 Å². The molecule has 0 atom stereocenters. The number of hydrogen-bond acceptors (Lipinski definition) is 5. The predicted octanol–water partition coefficient (Wildman–Crippen LogP) is 3.30. The molecule has 4 rings (SSSR count). The van der Waals surface area contributed by atoms with Crippen molar-refractivity contribution in [1.29, 1.82) is 0 Å². The number of anilines is 2. The quantitative estimate of drug-likeness (QED) is 0.611. The highest BCUT2D eigenvalue weighted by atomic mass is 16.3. The number of nitrogens with zero attached hydrogens (tertiary/aromatic N) is 4. The zero-order valence-electron chi connectivity index (χ0n) is 12.8. The predicted molar refractivity (Wildman–Crippen MR) is 90.0 cm³/mol. The lowest BCUT2D eigenvalue weighted by Crippen LogP contribution is -2.32. The maximum Gasteiger partial charge on any atom is 0.325 e. The molecule has 24 heavy (non-hydrogen) atoms. The van der Waals surface area contributed by atoms with Gasteiger partial charge in [-0.25, -0.2) is 19.7 Å². The first kappa shape index (κ1) is 14.1. The van der Waals surface area contributed by atoms with Crippen LogP contribution in [0.15, 0.2) is 53.2 Å². The summed E-state index contributed by atoms with van der Waals surface area (Å²) >= 11 is 0. The molecule has 0 spiro atoms. The highest BCUT2D eigenvalue weighted by molar-refractivity contribution is 6.05. The Morgan fingerprint density at radius 1 is 1.17 bits per heavy atom. The van der Waals surface area contributed by atoms with Gasteiger partial charge >= 0.3 is 6.03 Å². The van der Waals surface area contributed by atoms with Gasteiger partial charge in [-0.3, -0.25) is 4.98 Å². The van der Waals surface area contributed by atoms with Crippen molar-refractivity contribution in [3.63, 3.8) is 0 Å². The molecule has 2 N–H and O–H groups in total. The molecule has 0 bridgehead atoms. The fourth-order valence-electron chi connectivity index (χ4n) is 2.67. The lowest BCUT2D eigenvalue weighted by molar-refractivity contribution is 0.256. The molecule has 7 heteroatoms. The van der Waals surface area contributed by atoms with Crippen LogP contribution in [0.1, 0.15) is 5.89 Å². The van der Waals surface area contributed by atoms with Gasteiger partial charge in [0.25, 0.3) is 0 Å². The molecular weight excluding hydrogens is 306 g/mol. The Morgan fingerprint density at radius 2 is 2.04 bits per heavy atom. The number of hydrogen-bond donors (Lipinski definition) is 1. The van der Waals surface area contributed by atoms with Crippen LogP contribution in [-0.4, -0.2) is 21.0 Å². The number of carbonyl (C=O) groups is 1. The molecule has 0 radical (unpaired) electrons. The summed E-state index contributed by atoms with van der Waals surface area (Å²) in [6, 6.07) is 10.1. The van der Waals surface area contributed by atoms with Gasteiger partial charge in [0.05, 0.1) is 5.69 Å². The summed E-state index contributed by atoms with van der Waals surface area (Å²) in [6.07, 6.45) is 3.27. The van der Waals surface area contributed by atoms with Crippen LogP contribution in [0.5, 0.6) is 0 Å². The first-order valence-electron chi connectivity index (χ1n) is 7.30. The number of primary amides is 1. The third-order valence-electron chi connectivity index (χ3n) is 3.67. The zero-order chi connectivity index (χ0) is 16.7. The number of pyridine rings is 2. The Labute approximate surface area is 136 Å². The van der Waals surface area contributed by atoms with E-state index >= 15 is 0 Å². The SMILES string of the molecule is Cc1nc2ccc(N(C(N)=O)c3nccc4cccnc34)cc2o1. The van der Waals surface area contributed by atoms with Crippen LogP contribution in [0.2, 0.25) is 0 Å². The van der Waals surface area contributed by atoms with Crippen LogP contribution in [-0.2, 0) is 0 Å². The highest BCUT2D eigenvalue weighted by Crippen LogP contribution is 2.31. The molecule has 0 saturated carbocycles.